The number of halogens is 1. The van der Waals surface area contributed by atoms with Gasteiger partial charge in [-0.1, -0.05) is 31.5 Å². The first-order chi connectivity index (χ1) is 11.7. The Bertz CT molecular complexity index is 626. The Morgan fingerprint density at radius 2 is 2.12 bits per heavy atom. The van der Waals surface area contributed by atoms with Crippen LogP contribution in [0.1, 0.15) is 42.9 Å². The fraction of sp³-hybridized carbons (Fsp3) is 0.556. The minimum atomic E-state index is -0.324. The van der Waals surface area contributed by atoms with Crippen LogP contribution in [0.4, 0.5) is 0 Å². The number of fused-ring (bicyclic) bond motifs is 1. The minimum Gasteiger partial charge on any atom is -0.350 e. The highest BCUT2D eigenvalue weighted by Crippen LogP contribution is 2.23. The second-order valence-electron chi connectivity index (χ2n) is 6.41. The quantitative estimate of drug-likeness (QED) is 0.792. The number of unbranched alkanes of at least 4 members (excludes halogenated alkanes) is 1. The Morgan fingerprint density at radius 1 is 1.32 bits per heavy atom. The zero-order valence-corrected chi connectivity index (χ0v) is 16.2. The van der Waals surface area contributed by atoms with Crippen LogP contribution >= 0.6 is 24.2 Å². The van der Waals surface area contributed by atoms with Crippen molar-refractivity contribution < 1.29 is 9.59 Å². The molecule has 25 heavy (non-hydrogen) atoms. The normalized spacial score (nSPS) is 18.6. The average molecular weight is 384 g/mol. The van der Waals surface area contributed by atoms with Gasteiger partial charge in [0.1, 0.15) is 6.04 Å². The predicted molar refractivity (Wildman–Crippen MR) is 104 cm³/mol. The molecule has 1 unspecified atom stereocenters. The number of nitrogens with zero attached hydrogens (tertiary/aromatic N) is 1. The number of benzene rings is 1. The summed E-state index contributed by atoms with van der Waals surface area (Å²) in [6.45, 7) is 4.42. The highest BCUT2D eigenvalue weighted by atomic mass is 35.5. The summed E-state index contributed by atoms with van der Waals surface area (Å²) in [5.41, 5.74) is 3.76. The van der Waals surface area contributed by atoms with Gasteiger partial charge in [0.15, 0.2) is 0 Å². The zero-order valence-electron chi connectivity index (χ0n) is 14.5. The highest BCUT2D eigenvalue weighted by Gasteiger charge is 2.33. The molecule has 2 N–H and O–H groups in total. The molecule has 7 heteroatoms. The van der Waals surface area contributed by atoms with Crippen molar-refractivity contribution >= 4 is 36.0 Å². The Hall–Kier alpha value is -1.24. The van der Waals surface area contributed by atoms with E-state index in [1.54, 1.807) is 16.7 Å². The lowest BCUT2D eigenvalue weighted by Crippen LogP contribution is -2.47. The van der Waals surface area contributed by atoms with E-state index in [0.29, 0.717) is 24.6 Å². The molecule has 0 aliphatic carbocycles. The van der Waals surface area contributed by atoms with Crippen molar-refractivity contribution in [2.75, 3.05) is 11.6 Å². The van der Waals surface area contributed by atoms with E-state index in [1.165, 1.54) is 11.1 Å². The molecule has 0 radical (unpaired) electrons. The third-order valence-electron chi connectivity index (χ3n) is 4.62. The summed E-state index contributed by atoms with van der Waals surface area (Å²) in [6, 6.07) is 6.03. The summed E-state index contributed by atoms with van der Waals surface area (Å²) in [4.78, 5) is 26.5. The molecule has 5 nitrogen and oxygen atoms in total. The highest BCUT2D eigenvalue weighted by molar-refractivity contribution is 7.99. The van der Waals surface area contributed by atoms with E-state index in [0.717, 1.165) is 31.5 Å². The van der Waals surface area contributed by atoms with Gasteiger partial charge in [-0.25, -0.2) is 0 Å². The number of amides is 2. The van der Waals surface area contributed by atoms with Gasteiger partial charge in [0.05, 0.1) is 5.88 Å². The van der Waals surface area contributed by atoms with Crippen molar-refractivity contribution in [2.24, 2.45) is 0 Å². The number of thioether (sulfide) groups is 1. The third kappa shape index (κ3) is 4.90. The van der Waals surface area contributed by atoms with E-state index in [9.17, 15) is 9.59 Å². The van der Waals surface area contributed by atoms with Gasteiger partial charge < -0.3 is 15.5 Å². The van der Waals surface area contributed by atoms with Crippen LogP contribution in [0.3, 0.4) is 0 Å². The Labute approximate surface area is 159 Å². The van der Waals surface area contributed by atoms with Gasteiger partial charge in [0.2, 0.25) is 11.8 Å². The molecule has 2 aliphatic rings. The first-order valence-corrected chi connectivity index (χ1v) is 9.81. The van der Waals surface area contributed by atoms with E-state index < -0.39 is 0 Å². The van der Waals surface area contributed by atoms with E-state index in [1.807, 2.05) is 0 Å². The number of carbonyl (C=O) groups excluding carboxylic acids is 2. The average Bonchev–Trinajstić information content (AvgIpc) is 3.25. The summed E-state index contributed by atoms with van der Waals surface area (Å²) >= 11 is 1.65. The third-order valence-corrected chi connectivity index (χ3v) is 5.63. The zero-order chi connectivity index (χ0) is 16.9. The molecular weight excluding hydrogens is 358 g/mol. The second-order valence-corrected chi connectivity index (χ2v) is 7.41. The molecule has 138 valence electrons. The number of rotatable bonds is 6. The van der Waals surface area contributed by atoms with E-state index in [4.69, 9.17) is 0 Å². The molecule has 3 rings (SSSR count). The second kappa shape index (κ2) is 9.46. The molecule has 0 bridgehead atoms. The van der Waals surface area contributed by atoms with Gasteiger partial charge in [0.25, 0.3) is 0 Å². The van der Waals surface area contributed by atoms with E-state index in [2.05, 4.69) is 35.8 Å². The lowest BCUT2D eigenvalue weighted by molar-refractivity contribution is -0.138. The smallest absolute Gasteiger partial charge is 0.243 e. The Morgan fingerprint density at radius 3 is 2.92 bits per heavy atom. The van der Waals surface area contributed by atoms with E-state index in [-0.39, 0.29) is 30.3 Å². The molecule has 1 saturated heterocycles. The number of nitrogens with one attached hydrogen (secondary N) is 2. The van der Waals surface area contributed by atoms with Gasteiger partial charge in [-0.05, 0) is 23.1 Å². The molecule has 0 aromatic heterocycles. The SMILES string of the molecule is CCCCC(=O)N1CSCC1C(=O)NCc1ccc2c(c1)CNC2.Cl. The maximum atomic E-state index is 12.5. The predicted octanol–water partition coefficient (Wildman–Crippen LogP) is 2.42. The van der Waals surface area contributed by atoms with Gasteiger partial charge in [-0.2, -0.15) is 0 Å². The van der Waals surface area contributed by atoms with Crippen molar-refractivity contribution in [1.29, 1.82) is 0 Å². The molecule has 2 heterocycles. The van der Waals surface area contributed by atoms with Crippen molar-refractivity contribution in [3.63, 3.8) is 0 Å². The molecule has 1 aromatic carbocycles. The summed E-state index contributed by atoms with van der Waals surface area (Å²) in [7, 11) is 0. The molecule has 2 aliphatic heterocycles. The van der Waals surface area contributed by atoms with Crippen LogP contribution in [0.5, 0.6) is 0 Å². The van der Waals surface area contributed by atoms with Crippen LogP contribution in [0.25, 0.3) is 0 Å². The van der Waals surface area contributed by atoms with Gasteiger partial charge in [-0.15, -0.1) is 24.2 Å². The van der Waals surface area contributed by atoms with Crippen molar-refractivity contribution in [3.8, 4) is 0 Å². The fourth-order valence-corrected chi connectivity index (χ4v) is 4.32. The Kier molecular flexibility index (Phi) is 7.59. The molecule has 0 saturated carbocycles. The lowest BCUT2D eigenvalue weighted by atomic mass is 10.1. The van der Waals surface area contributed by atoms with Crippen LogP contribution in [0.15, 0.2) is 18.2 Å². The number of hydrogen-bond acceptors (Lipinski definition) is 4. The standard InChI is InChI=1S/C18H25N3O2S.ClH/c1-2-3-4-17(22)21-12-24-11-16(21)18(23)20-8-13-5-6-14-9-19-10-15(14)7-13;/h5-7,16,19H,2-4,8-12H2,1H3,(H,20,23);1H. The molecule has 1 atom stereocenters. The summed E-state index contributed by atoms with van der Waals surface area (Å²) in [5.74, 6) is 1.39. The molecular formula is C18H26ClN3O2S. The fourth-order valence-electron chi connectivity index (χ4n) is 3.14. The van der Waals surface area contributed by atoms with Crippen LogP contribution in [0.2, 0.25) is 0 Å². The monoisotopic (exact) mass is 383 g/mol. The topological polar surface area (TPSA) is 61.4 Å². The molecule has 2 amide bonds. The first-order valence-electron chi connectivity index (χ1n) is 8.65. The van der Waals surface area contributed by atoms with Crippen LogP contribution < -0.4 is 10.6 Å². The van der Waals surface area contributed by atoms with Crippen LogP contribution in [-0.4, -0.2) is 34.4 Å². The van der Waals surface area contributed by atoms with Gasteiger partial charge in [0, 0.05) is 31.8 Å². The van der Waals surface area contributed by atoms with Crippen molar-refractivity contribution in [2.45, 2.75) is 51.9 Å². The van der Waals surface area contributed by atoms with E-state index >= 15 is 0 Å². The molecule has 1 aromatic rings. The maximum Gasteiger partial charge on any atom is 0.243 e. The largest absolute Gasteiger partial charge is 0.350 e. The summed E-state index contributed by atoms with van der Waals surface area (Å²) < 4.78 is 0. The number of carbonyl (C=O) groups is 2. The van der Waals surface area contributed by atoms with Gasteiger partial charge in [-0.3, -0.25) is 9.59 Å². The van der Waals surface area contributed by atoms with Crippen LogP contribution in [-0.2, 0) is 29.2 Å². The first kappa shape index (κ1) is 20.1. The lowest BCUT2D eigenvalue weighted by Gasteiger charge is -2.23. The summed E-state index contributed by atoms with van der Waals surface area (Å²) in [6.07, 6.45) is 2.42. The molecule has 1 fully saturated rings. The minimum absolute atomic E-state index is 0. The van der Waals surface area contributed by atoms with Crippen LogP contribution in [0, 0.1) is 0 Å². The Balaban J connectivity index is 0.00000225. The van der Waals surface area contributed by atoms with Crippen molar-refractivity contribution in [1.82, 2.24) is 15.5 Å². The van der Waals surface area contributed by atoms with Crippen molar-refractivity contribution in [3.05, 3.63) is 34.9 Å². The maximum absolute atomic E-state index is 12.5. The summed E-state index contributed by atoms with van der Waals surface area (Å²) in [5, 5.41) is 6.33. The van der Waals surface area contributed by atoms with Gasteiger partial charge >= 0.3 is 0 Å². The number of hydrogen-bond donors (Lipinski definition) is 2. The molecule has 0 spiro atoms.